The lowest BCUT2D eigenvalue weighted by atomic mass is 10.0. The van der Waals surface area contributed by atoms with Crippen LogP contribution in [0, 0.1) is 5.92 Å². The van der Waals surface area contributed by atoms with Gasteiger partial charge in [-0.15, -0.1) is 0 Å². The standard InChI is InChI=1S/C15H19N3O6S2/c1-25(21,22)16-8-10-3-2-6-18(9-10)26(23,24)11-4-5-12-13(7-11)15(20)17-14(12)19/h4-5,7,10,16H,2-3,6,8-9H2,1H3,(H,17,19,20). The number of hydrogen-bond donors (Lipinski definition) is 2. The Morgan fingerprint density at radius 2 is 1.85 bits per heavy atom. The van der Waals surface area contributed by atoms with E-state index in [4.69, 9.17) is 0 Å². The zero-order valence-electron chi connectivity index (χ0n) is 14.1. The monoisotopic (exact) mass is 401 g/mol. The molecule has 0 aromatic heterocycles. The van der Waals surface area contributed by atoms with Crippen molar-refractivity contribution in [3.8, 4) is 0 Å². The quantitative estimate of drug-likeness (QED) is 0.641. The third kappa shape index (κ3) is 3.80. The Balaban J connectivity index is 1.81. The fourth-order valence-electron chi connectivity index (χ4n) is 3.14. The first-order valence-corrected chi connectivity index (χ1v) is 11.4. The van der Waals surface area contributed by atoms with Crippen molar-refractivity contribution in [2.45, 2.75) is 17.7 Å². The highest BCUT2D eigenvalue weighted by Crippen LogP contribution is 2.26. The summed E-state index contributed by atoms with van der Waals surface area (Å²) in [6.07, 6.45) is 2.39. The molecule has 2 heterocycles. The van der Waals surface area contributed by atoms with Crippen molar-refractivity contribution in [2.24, 2.45) is 5.92 Å². The molecule has 1 atom stereocenters. The van der Waals surface area contributed by atoms with Gasteiger partial charge in [0.15, 0.2) is 0 Å². The van der Waals surface area contributed by atoms with E-state index in [1.165, 1.54) is 22.5 Å². The van der Waals surface area contributed by atoms with E-state index in [9.17, 15) is 26.4 Å². The van der Waals surface area contributed by atoms with E-state index in [1.54, 1.807) is 0 Å². The van der Waals surface area contributed by atoms with Gasteiger partial charge in [-0.1, -0.05) is 0 Å². The van der Waals surface area contributed by atoms with Gasteiger partial charge in [0.25, 0.3) is 11.8 Å². The number of imide groups is 1. The molecular weight excluding hydrogens is 382 g/mol. The second-order valence-electron chi connectivity index (χ2n) is 6.48. The summed E-state index contributed by atoms with van der Waals surface area (Å²) in [5.74, 6) is -1.29. The lowest BCUT2D eigenvalue weighted by Crippen LogP contribution is -2.43. The fourth-order valence-corrected chi connectivity index (χ4v) is 5.26. The normalized spacial score (nSPS) is 21.5. The lowest BCUT2D eigenvalue weighted by Gasteiger charge is -2.32. The third-order valence-corrected chi connectivity index (χ3v) is 7.01. The second kappa shape index (κ2) is 6.72. The van der Waals surface area contributed by atoms with Crippen LogP contribution in [0.15, 0.2) is 23.1 Å². The highest BCUT2D eigenvalue weighted by Gasteiger charge is 2.33. The molecule has 1 aromatic rings. The number of sulfonamides is 2. The van der Waals surface area contributed by atoms with E-state index in [0.717, 1.165) is 12.7 Å². The molecule has 1 unspecified atom stereocenters. The Bertz CT molecular complexity index is 971. The van der Waals surface area contributed by atoms with E-state index in [0.29, 0.717) is 13.0 Å². The van der Waals surface area contributed by atoms with Gasteiger partial charge in [0.1, 0.15) is 0 Å². The van der Waals surface area contributed by atoms with E-state index >= 15 is 0 Å². The second-order valence-corrected chi connectivity index (χ2v) is 10.3. The predicted octanol–water partition coefficient (Wildman–Crippen LogP) is -0.480. The third-order valence-electron chi connectivity index (χ3n) is 4.46. The van der Waals surface area contributed by atoms with Gasteiger partial charge >= 0.3 is 0 Å². The van der Waals surface area contributed by atoms with Crippen LogP contribution >= 0.6 is 0 Å². The van der Waals surface area contributed by atoms with Crippen LogP contribution in [0.1, 0.15) is 33.6 Å². The Labute approximate surface area is 151 Å². The first kappa shape index (κ1) is 19.0. The van der Waals surface area contributed by atoms with Gasteiger partial charge in [-0.3, -0.25) is 14.9 Å². The van der Waals surface area contributed by atoms with Crippen molar-refractivity contribution in [3.05, 3.63) is 29.3 Å². The minimum absolute atomic E-state index is 0.0448. The molecule has 11 heteroatoms. The van der Waals surface area contributed by atoms with Crippen molar-refractivity contribution in [1.29, 1.82) is 0 Å². The Morgan fingerprint density at radius 3 is 2.54 bits per heavy atom. The van der Waals surface area contributed by atoms with Crippen LogP contribution in [0.2, 0.25) is 0 Å². The van der Waals surface area contributed by atoms with Crippen LogP contribution in [0.3, 0.4) is 0 Å². The molecule has 1 fully saturated rings. The summed E-state index contributed by atoms with van der Waals surface area (Å²) in [7, 11) is -7.19. The van der Waals surface area contributed by atoms with Crippen LogP contribution in [0.4, 0.5) is 0 Å². The van der Waals surface area contributed by atoms with Gasteiger partial charge in [0.05, 0.1) is 22.3 Å². The van der Waals surface area contributed by atoms with Crippen LogP contribution in [0.25, 0.3) is 0 Å². The van der Waals surface area contributed by atoms with Gasteiger partial charge in [0.2, 0.25) is 20.0 Å². The van der Waals surface area contributed by atoms with Crippen molar-refractivity contribution in [2.75, 3.05) is 25.9 Å². The average molecular weight is 401 g/mol. The van der Waals surface area contributed by atoms with Crippen molar-refractivity contribution in [3.63, 3.8) is 0 Å². The first-order chi connectivity index (χ1) is 12.1. The number of piperidine rings is 1. The molecule has 9 nitrogen and oxygen atoms in total. The molecule has 142 valence electrons. The molecule has 1 aromatic carbocycles. The minimum Gasteiger partial charge on any atom is -0.288 e. The molecular formula is C15H19N3O6S2. The number of carbonyl (C=O) groups excluding carboxylic acids is 2. The van der Waals surface area contributed by atoms with Gasteiger partial charge < -0.3 is 0 Å². The van der Waals surface area contributed by atoms with Crippen molar-refractivity contribution in [1.82, 2.24) is 14.3 Å². The van der Waals surface area contributed by atoms with E-state index in [-0.39, 0.29) is 35.0 Å². The largest absolute Gasteiger partial charge is 0.288 e. The maximum Gasteiger partial charge on any atom is 0.258 e. The molecule has 0 radical (unpaired) electrons. The molecule has 0 saturated carbocycles. The Kier molecular flexibility index (Phi) is 4.90. The number of carbonyl (C=O) groups is 2. The first-order valence-electron chi connectivity index (χ1n) is 8.02. The molecule has 2 aliphatic rings. The summed E-state index contributed by atoms with van der Waals surface area (Å²) in [6, 6.07) is 3.85. The van der Waals surface area contributed by atoms with Crippen LogP contribution in [-0.2, 0) is 20.0 Å². The number of amides is 2. The number of benzene rings is 1. The Morgan fingerprint density at radius 1 is 1.15 bits per heavy atom. The number of nitrogens with one attached hydrogen (secondary N) is 2. The van der Waals surface area contributed by atoms with E-state index in [1.807, 2.05) is 0 Å². The summed E-state index contributed by atoms with van der Waals surface area (Å²) < 4.78 is 51.9. The molecule has 0 bridgehead atoms. The summed E-state index contributed by atoms with van der Waals surface area (Å²) in [4.78, 5) is 23.3. The molecule has 2 aliphatic heterocycles. The average Bonchev–Trinajstić information content (AvgIpc) is 2.87. The zero-order valence-corrected chi connectivity index (χ0v) is 15.7. The molecule has 0 spiro atoms. The number of rotatable bonds is 5. The highest BCUT2D eigenvalue weighted by molar-refractivity contribution is 7.89. The molecule has 1 saturated heterocycles. The SMILES string of the molecule is CS(=O)(=O)NCC1CCCN(S(=O)(=O)c2ccc3c(c2)C(=O)NC3=O)C1. The molecule has 3 rings (SSSR count). The van der Waals surface area contributed by atoms with E-state index < -0.39 is 31.9 Å². The molecule has 0 aliphatic carbocycles. The smallest absolute Gasteiger partial charge is 0.258 e. The number of fused-ring (bicyclic) bond motifs is 1. The van der Waals surface area contributed by atoms with Crippen LogP contribution in [0.5, 0.6) is 0 Å². The molecule has 26 heavy (non-hydrogen) atoms. The number of hydrogen-bond acceptors (Lipinski definition) is 6. The van der Waals surface area contributed by atoms with Gasteiger partial charge in [-0.2, -0.15) is 4.31 Å². The zero-order chi connectivity index (χ0) is 19.1. The number of nitrogens with zero attached hydrogens (tertiary/aromatic N) is 1. The maximum absolute atomic E-state index is 12.9. The molecule has 2 N–H and O–H groups in total. The summed E-state index contributed by atoms with van der Waals surface area (Å²) >= 11 is 0. The molecule has 2 amide bonds. The van der Waals surface area contributed by atoms with Crippen LogP contribution in [-0.4, -0.2) is 58.8 Å². The van der Waals surface area contributed by atoms with E-state index in [2.05, 4.69) is 10.0 Å². The maximum atomic E-state index is 12.9. The summed E-state index contributed by atoms with van der Waals surface area (Å²) in [5, 5.41) is 2.13. The highest BCUT2D eigenvalue weighted by atomic mass is 32.2. The lowest BCUT2D eigenvalue weighted by molar-refractivity contribution is 0.0879. The van der Waals surface area contributed by atoms with Crippen LogP contribution < -0.4 is 10.0 Å². The van der Waals surface area contributed by atoms with Gasteiger partial charge in [0, 0.05) is 19.6 Å². The summed E-state index contributed by atoms with van der Waals surface area (Å²) in [5.41, 5.74) is 0.200. The topological polar surface area (TPSA) is 130 Å². The van der Waals surface area contributed by atoms with Crippen molar-refractivity contribution < 1.29 is 26.4 Å². The fraction of sp³-hybridized carbons (Fsp3) is 0.467. The van der Waals surface area contributed by atoms with Gasteiger partial charge in [-0.25, -0.2) is 21.6 Å². The minimum atomic E-state index is -3.85. The van der Waals surface area contributed by atoms with Crippen molar-refractivity contribution >= 4 is 31.9 Å². The Hall–Kier alpha value is -1.82. The predicted molar refractivity (Wildman–Crippen MR) is 92.6 cm³/mol. The van der Waals surface area contributed by atoms with Gasteiger partial charge in [-0.05, 0) is 37.0 Å². The summed E-state index contributed by atoms with van der Waals surface area (Å²) in [6.45, 7) is 0.679.